The lowest BCUT2D eigenvalue weighted by molar-refractivity contribution is 0.0411. The average molecular weight is 362 g/mol. The second-order valence-corrected chi connectivity index (χ2v) is 6.93. The molecule has 2 aromatic rings. The molecule has 0 unspecified atom stereocenters. The van der Waals surface area contributed by atoms with Crippen molar-refractivity contribution in [1.82, 2.24) is 19.6 Å². The summed E-state index contributed by atoms with van der Waals surface area (Å²) in [4.78, 5) is 16.7. The zero-order chi connectivity index (χ0) is 18.7. The van der Waals surface area contributed by atoms with E-state index in [2.05, 4.69) is 22.1 Å². The van der Waals surface area contributed by atoms with Crippen LogP contribution in [0.25, 0.3) is 0 Å². The van der Waals surface area contributed by atoms with Crippen molar-refractivity contribution in [2.75, 3.05) is 20.6 Å². The van der Waals surface area contributed by atoms with Gasteiger partial charge in [-0.15, -0.1) is 0 Å². The zero-order valence-electron chi connectivity index (χ0n) is 15.1. The van der Waals surface area contributed by atoms with E-state index in [0.717, 1.165) is 31.4 Å². The molecule has 5 nitrogen and oxygen atoms in total. The van der Waals surface area contributed by atoms with E-state index in [9.17, 15) is 13.6 Å². The van der Waals surface area contributed by atoms with E-state index in [4.69, 9.17) is 0 Å². The number of hydrogen-bond acceptors (Lipinski definition) is 3. The third-order valence-corrected chi connectivity index (χ3v) is 4.70. The third-order valence-electron chi connectivity index (χ3n) is 4.70. The molecule has 1 atom stereocenters. The first-order valence-corrected chi connectivity index (χ1v) is 8.83. The van der Waals surface area contributed by atoms with Crippen molar-refractivity contribution in [1.29, 1.82) is 0 Å². The molecule has 0 aliphatic carbocycles. The van der Waals surface area contributed by atoms with Crippen LogP contribution < -0.4 is 0 Å². The monoisotopic (exact) mass is 362 g/mol. The van der Waals surface area contributed by atoms with Crippen LogP contribution in [0.3, 0.4) is 0 Å². The van der Waals surface area contributed by atoms with Gasteiger partial charge in [0.15, 0.2) is 0 Å². The fourth-order valence-electron chi connectivity index (χ4n) is 3.52. The normalized spacial score (nSPS) is 17.9. The fourth-order valence-corrected chi connectivity index (χ4v) is 3.52. The lowest BCUT2D eigenvalue weighted by Crippen LogP contribution is -2.39. The molecule has 1 amide bonds. The Bertz CT molecular complexity index is 742. The molecule has 26 heavy (non-hydrogen) atoms. The minimum Gasteiger partial charge on any atom is -0.330 e. The molecule has 1 aromatic heterocycles. The maximum atomic E-state index is 13.1. The molecule has 3 rings (SSSR count). The Morgan fingerprint density at radius 3 is 2.62 bits per heavy atom. The number of benzene rings is 1. The van der Waals surface area contributed by atoms with Crippen LogP contribution in [0.2, 0.25) is 0 Å². The maximum absolute atomic E-state index is 13.1. The van der Waals surface area contributed by atoms with E-state index in [0.29, 0.717) is 11.2 Å². The molecule has 1 saturated heterocycles. The summed E-state index contributed by atoms with van der Waals surface area (Å²) >= 11 is 0. The zero-order valence-corrected chi connectivity index (χ0v) is 15.1. The highest BCUT2D eigenvalue weighted by molar-refractivity contribution is 5.93. The number of rotatable bonds is 5. The number of halogens is 2. The molecular formula is C19H24F2N4O. The van der Waals surface area contributed by atoms with Crippen LogP contribution in [-0.2, 0) is 6.54 Å². The van der Waals surface area contributed by atoms with Gasteiger partial charge in [-0.3, -0.25) is 4.79 Å². The number of amides is 1. The lowest BCUT2D eigenvalue weighted by Gasteiger charge is -2.36. The van der Waals surface area contributed by atoms with Crippen LogP contribution in [0.1, 0.15) is 53.5 Å². The highest BCUT2D eigenvalue weighted by Gasteiger charge is 2.31. The summed E-state index contributed by atoms with van der Waals surface area (Å²) in [6.07, 6.45) is 3.97. The van der Waals surface area contributed by atoms with Gasteiger partial charge >= 0.3 is 6.55 Å². The molecule has 0 spiro atoms. The standard InChI is InChI=1S/C19H24F2N4O/c1-23(2)13-14-6-8-15(9-7-14)16-5-3-4-12-24(16)18(26)17-10-11-22-25(17)19(20)21/h6-11,16,19H,3-5,12-13H2,1-2H3/t16-/m1/s1. The van der Waals surface area contributed by atoms with E-state index >= 15 is 0 Å². The van der Waals surface area contributed by atoms with Gasteiger partial charge in [0.1, 0.15) is 5.69 Å². The quantitative estimate of drug-likeness (QED) is 0.814. The Hall–Kier alpha value is -2.28. The first-order chi connectivity index (χ1) is 12.5. The highest BCUT2D eigenvalue weighted by Crippen LogP contribution is 2.32. The van der Waals surface area contributed by atoms with Gasteiger partial charge in [0, 0.05) is 19.3 Å². The topological polar surface area (TPSA) is 41.4 Å². The number of hydrogen-bond donors (Lipinski definition) is 0. The molecule has 1 aromatic carbocycles. The number of likely N-dealkylation sites (tertiary alicyclic amines) is 1. The molecule has 7 heteroatoms. The van der Waals surface area contributed by atoms with Crippen molar-refractivity contribution in [2.45, 2.75) is 38.4 Å². The molecule has 0 radical (unpaired) electrons. The van der Waals surface area contributed by atoms with E-state index < -0.39 is 6.55 Å². The number of alkyl halides is 2. The maximum Gasteiger partial charge on any atom is 0.333 e. The molecule has 0 N–H and O–H groups in total. The number of carbonyl (C=O) groups is 1. The summed E-state index contributed by atoms with van der Waals surface area (Å²) in [7, 11) is 4.03. The smallest absolute Gasteiger partial charge is 0.330 e. The second-order valence-electron chi connectivity index (χ2n) is 6.93. The summed E-state index contributed by atoms with van der Waals surface area (Å²) in [5.74, 6) is -0.384. The minimum absolute atomic E-state index is 0.0591. The lowest BCUT2D eigenvalue weighted by atomic mass is 9.94. The van der Waals surface area contributed by atoms with Gasteiger partial charge in [-0.25, -0.2) is 0 Å². The van der Waals surface area contributed by atoms with Gasteiger partial charge in [-0.05, 0) is 50.6 Å². The van der Waals surface area contributed by atoms with Crippen LogP contribution in [0.15, 0.2) is 36.5 Å². The Kier molecular flexibility index (Phi) is 5.66. The van der Waals surface area contributed by atoms with Crippen LogP contribution in [0.4, 0.5) is 8.78 Å². The molecule has 1 aliphatic rings. The van der Waals surface area contributed by atoms with Crippen LogP contribution >= 0.6 is 0 Å². The van der Waals surface area contributed by atoms with Crippen molar-refractivity contribution in [3.8, 4) is 0 Å². The van der Waals surface area contributed by atoms with Crippen LogP contribution in [0, 0.1) is 0 Å². The molecule has 140 valence electrons. The molecule has 0 saturated carbocycles. The van der Waals surface area contributed by atoms with Crippen molar-refractivity contribution in [3.05, 3.63) is 53.3 Å². The van der Waals surface area contributed by atoms with E-state index in [1.807, 2.05) is 26.2 Å². The SMILES string of the molecule is CN(C)Cc1ccc([C@H]2CCCCN2C(=O)c2ccnn2C(F)F)cc1. The summed E-state index contributed by atoms with van der Waals surface area (Å²) in [5, 5.41) is 3.58. The molecular weight excluding hydrogens is 338 g/mol. The Balaban J connectivity index is 1.83. The van der Waals surface area contributed by atoms with Gasteiger partial charge in [0.05, 0.1) is 6.04 Å². The molecule has 0 bridgehead atoms. The van der Waals surface area contributed by atoms with Gasteiger partial charge in [0.2, 0.25) is 0 Å². The summed E-state index contributed by atoms with van der Waals surface area (Å²) in [6, 6.07) is 9.48. The number of carbonyl (C=O) groups excluding carboxylic acids is 1. The van der Waals surface area contributed by atoms with E-state index in [-0.39, 0.29) is 17.6 Å². The Morgan fingerprint density at radius 1 is 1.23 bits per heavy atom. The van der Waals surface area contributed by atoms with Crippen molar-refractivity contribution in [2.24, 2.45) is 0 Å². The van der Waals surface area contributed by atoms with Crippen molar-refractivity contribution < 1.29 is 13.6 Å². The van der Waals surface area contributed by atoms with Gasteiger partial charge < -0.3 is 9.80 Å². The van der Waals surface area contributed by atoms with E-state index in [1.165, 1.54) is 17.8 Å². The van der Waals surface area contributed by atoms with Crippen molar-refractivity contribution >= 4 is 5.91 Å². The highest BCUT2D eigenvalue weighted by atomic mass is 19.3. The van der Waals surface area contributed by atoms with Gasteiger partial charge in [0.25, 0.3) is 5.91 Å². The predicted molar refractivity (Wildman–Crippen MR) is 94.9 cm³/mol. The first kappa shape index (κ1) is 18.5. The Labute approximate surface area is 152 Å². The predicted octanol–water partition coefficient (Wildman–Crippen LogP) is 3.71. The molecule has 1 fully saturated rings. The largest absolute Gasteiger partial charge is 0.333 e. The fraction of sp³-hybridized carbons (Fsp3) is 0.474. The first-order valence-electron chi connectivity index (χ1n) is 8.83. The summed E-state index contributed by atoms with van der Waals surface area (Å²) < 4.78 is 26.7. The van der Waals surface area contributed by atoms with Crippen LogP contribution in [0.5, 0.6) is 0 Å². The van der Waals surface area contributed by atoms with Crippen molar-refractivity contribution in [3.63, 3.8) is 0 Å². The van der Waals surface area contributed by atoms with Gasteiger partial charge in [-0.2, -0.15) is 18.6 Å². The average Bonchev–Trinajstić information content (AvgIpc) is 3.11. The van der Waals surface area contributed by atoms with E-state index in [1.54, 1.807) is 4.90 Å². The molecule has 1 aliphatic heterocycles. The third kappa shape index (κ3) is 3.93. The number of aromatic nitrogens is 2. The molecule has 2 heterocycles. The Morgan fingerprint density at radius 2 is 1.96 bits per heavy atom. The summed E-state index contributed by atoms with van der Waals surface area (Å²) in [6.45, 7) is -1.41. The number of piperidine rings is 1. The summed E-state index contributed by atoms with van der Waals surface area (Å²) in [5.41, 5.74) is 2.18. The number of nitrogens with zero attached hydrogens (tertiary/aromatic N) is 4. The van der Waals surface area contributed by atoms with Gasteiger partial charge in [-0.1, -0.05) is 24.3 Å². The second kappa shape index (κ2) is 7.95. The van der Waals surface area contributed by atoms with Crippen LogP contribution in [-0.4, -0.2) is 46.1 Å². The minimum atomic E-state index is -2.82.